The normalized spacial score (nSPS) is 14.7. The third kappa shape index (κ3) is 2.57. The number of nitrogens with zero attached hydrogens (tertiary/aromatic N) is 2. The Balaban J connectivity index is 1.82. The number of para-hydroxylation sites is 1. The molecule has 4 rings (SSSR count). The lowest BCUT2D eigenvalue weighted by Crippen LogP contribution is -2.20. The van der Waals surface area contributed by atoms with Crippen molar-refractivity contribution >= 4 is 16.6 Å². The van der Waals surface area contributed by atoms with Gasteiger partial charge in [0.1, 0.15) is 5.75 Å². The highest BCUT2D eigenvalue weighted by molar-refractivity contribution is 5.93. The van der Waals surface area contributed by atoms with Crippen LogP contribution in [0.15, 0.2) is 42.6 Å². The fourth-order valence-electron chi connectivity index (χ4n) is 2.73. The summed E-state index contributed by atoms with van der Waals surface area (Å²) in [5.41, 5.74) is 2.62. The first-order valence-corrected chi connectivity index (χ1v) is 7.48. The molecule has 0 radical (unpaired) electrons. The van der Waals surface area contributed by atoms with E-state index in [-0.39, 0.29) is 5.75 Å². The van der Waals surface area contributed by atoms with Crippen molar-refractivity contribution in [2.75, 3.05) is 13.1 Å². The third-order valence-corrected chi connectivity index (χ3v) is 3.86. The number of fused-ring (bicyclic) bond motifs is 1. The van der Waals surface area contributed by atoms with Crippen LogP contribution in [-0.4, -0.2) is 28.3 Å². The number of halogens is 1. The van der Waals surface area contributed by atoms with Gasteiger partial charge in [0.25, 0.3) is 0 Å². The van der Waals surface area contributed by atoms with Gasteiger partial charge in [-0.15, -0.1) is 0 Å². The Morgan fingerprint density at radius 1 is 1.13 bits per heavy atom. The van der Waals surface area contributed by atoms with Crippen LogP contribution in [0, 0.1) is 5.82 Å². The zero-order chi connectivity index (χ0) is 15.6. The summed E-state index contributed by atoms with van der Waals surface area (Å²) < 4.78 is 19.7. The molecule has 3 heterocycles. The second kappa shape index (κ2) is 5.81. The van der Waals surface area contributed by atoms with Crippen LogP contribution in [0.3, 0.4) is 0 Å². The SMILES string of the molecule is Fc1ccccc1Oc1ccnc2n[nH]c(C3=CCNCC3)c12. The third-order valence-electron chi connectivity index (χ3n) is 3.86. The van der Waals surface area contributed by atoms with E-state index < -0.39 is 5.82 Å². The molecule has 1 aliphatic heterocycles. The minimum absolute atomic E-state index is 0.187. The van der Waals surface area contributed by atoms with Gasteiger partial charge in [0.2, 0.25) is 0 Å². The Bertz CT molecular complexity index is 887. The van der Waals surface area contributed by atoms with Crippen LogP contribution in [0.1, 0.15) is 12.1 Å². The van der Waals surface area contributed by atoms with E-state index in [1.165, 1.54) is 6.07 Å². The second-order valence-corrected chi connectivity index (χ2v) is 5.32. The quantitative estimate of drug-likeness (QED) is 0.779. The van der Waals surface area contributed by atoms with Crippen LogP contribution in [0.2, 0.25) is 0 Å². The van der Waals surface area contributed by atoms with Crippen molar-refractivity contribution in [3.63, 3.8) is 0 Å². The zero-order valence-corrected chi connectivity index (χ0v) is 12.3. The summed E-state index contributed by atoms with van der Waals surface area (Å²) in [6.45, 7) is 1.73. The first-order chi connectivity index (χ1) is 11.3. The molecule has 0 amide bonds. The van der Waals surface area contributed by atoms with E-state index in [4.69, 9.17) is 4.74 Å². The summed E-state index contributed by atoms with van der Waals surface area (Å²) in [5.74, 6) is 0.332. The fourth-order valence-corrected chi connectivity index (χ4v) is 2.73. The summed E-state index contributed by atoms with van der Waals surface area (Å²) >= 11 is 0. The molecule has 0 bridgehead atoms. The summed E-state index contributed by atoms with van der Waals surface area (Å²) in [6, 6.07) is 8.08. The van der Waals surface area contributed by atoms with Crippen LogP contribution in [0.25, 0.3) is 16.6 Å². The molecule has 0 atom stereocenters. The first kappa shape index (κ1) is 13.9. The molecule has 23 heavy (non-hydrogen) atoms. The topological polar surface area (TPSA) is 62.8 Å². The number of hydrogen-bond acceptors (Lipinski definition) is 4. The van der Waals surface area contributed by atoms with E-state index in [1.807, 2.05) is 0 Å². The zero-order valence-electron chi connectivity index (χ0n) is 12.3. The van der Waals surface area contributed by atoms with Gasteiger partial charge in [0.15, 0.2) is 17.2 Å². The van der Waals surface area contributed by atoms with Crippen LogP contribution in [0.5, 0.6) is 11.5 Å². The van der Waals surface area contributed by atoms with Gasteiger partial charge in [-0.25, -0.2) is 9.37 Å². The van der Waals surface area contributed by atoms with Gasteiger partial charge in [0.05, 0.1) is 11.1 Å². The van der Waals surface area contributed by atoms with Crippen molar-refractivity contribution < 1.29 is 9.13 Å². The minimum Gasteiger partial charge on any atom is -0.453 e. The van der Waals surface area contributed by atoms with Crippen LogP contribution in [0.4, 0.5) is 4.39 Å². The average Bonchev–Trinajstić information content (AvgIpc) is 3.03. The number of aromatic nitrogens is 3. The lowest BCUT2D eigenvalue weighted by molar-refractivity contribution is 0.446. The molecule has 2 aromatic heterocycles. The van der Waals surface area contributed by atoms with Crippen LogP contribution in [-0.2, 0) is 0 Å². The summed E-state index contributed by atoms with van der Waals surface area (Å²) in [7, 11) is 0. The van der Waals surface area contributed by atoms with Gasteiger partial charge in [-0.05, 0) is 36.7 Å². The molecule has 2 N–H and O–H groups in total. The number of nitrogens with one attached hydrogen (secondary N) is 2. The molecule has 0 spiro atoms. The molecule has 1 aliphatic rings. The van der Waals surface area contributed by atoms with E-state index in [2.05, 4.69) is 26.6 Å². The van der Waals surface area contributed by atoms with Crippen molar-refractivity contribution in [3.8, 4) is 11.5 Å². The van der Waals surface area contributed by atoms with Crippen LogP contribution >= 0.6 is 0 Å². The minimum atomic E-state index is -0.399. The number of benzene rings is 1. The van der Waals surface area contributed by atoms with Crippen molar-refractivity contribution in [1.82, 2.24) is 20.5 Å². The van der Waals surface area contributed by atoms with Gasteiger partial charge in [0, 0.05) is 12.7 Å². The molecule has 6 heteroatoms. The maximum Gasteiger partial charge on any atom is 0.185 e. The summed E-state index contributed by atoms with van der Waals surface area (Å²) in [5, 5.41) is 11.4. The lowest BCUT2D eigenvalue weighted by atomic mass is 10.0. The molecule has 0 aliphatic carbocycles. The van der Waals surface area contributed by atoms with Gasteiger partial charge < -0.3 is 10.1 Å². The van der Waals surface area contributed by atoms with Crippen LogP contribution < -0.4 is 10.1 Å². The molecule has 0 fully saturated rings. The first-order valence-electron chi connectivity index (χ1n) is 7.48. The van der Waals surface area contributed by atoms with E-state index in [0.29, 0.717) is 11.4 Å². The van der Waals surface area contributed by atoms with Gasteiger partial charge in [-0.3, -0.25) is 5.10 Å². The fraction of sp³-hybridized carbons (Fsp3) is 0.176. The smallest absolute Gasteiger partial charge is 0.185 e. The highest BCUT2D eigenvalue weighted by atomic mass is 19.1. The average molecular weight is 310 g/mol. The maximum atomic E-state index is 13.9. The molecule has 0 saturated heterocycles. The number of rotatable bonds is 3. The molecule has 116 valence electrons. The van der Waals surface area contributed by atoms with E-state index in [0.717, 1.165) is 36.2 Å². The van der Waals surface area contributed by atoms with Gasteiger partial charge in [-0.1, -0.05) is 18.2 Å². The molecule has 0 saturated carbocycles. The molecule has 1 aromatic carbocycles. The molecular formula is C17H15FN4O. The highest BCUT2D eigenvalue weighted by Crippen LogP contribution is 2.34. The Hall–Kier alpha value is -2.73. The summed E-state index contributed by atoms with van der Waals surface area (Å²) in [4.78, 5) is 4.26. The Morgan fingerprint density at radius 3 is 2.87 bits per heavy atom. The van der Waals surface area contributed by atoms with E-state index >= 15 is 0 Å². The molecule has 5 nitrogen and oxygen atoms in total. The Labute approximate surface area is 132 Å². The number of aromatic amines is 1. The maximum absolute atomic E-state index is 13.9. The Kier molecular flexibility index (Phi) is 3.51. The monoisotopic (exact) mass is 310 g/mol. The van der Waals surface area contributed by atoms with Crippen molar-refractivity contribution in [2.45, 2.75) is 6.42 Å². The van der Waals surface area contributed by atoms with Crippen molar-refractivity contribution in [3.05, 3.63) is 54.1 Å². The number of hydrogen-bond donors (Lipinski definition) is 2. The highest BCUT2D eigenvalue weighted by Gasteiger charge is 2.18. The largest absolute Gasteiger partial charge is 0.453 e. The predicted octanol–water partition coefficient (Wildman–Crippen LogP) is 3.27. The van der Waals surface area contributed by atoms with Crippen molar-refractivity contribution in [2.24, 2.45) is 0 Å². The Morgan fingerprint density at radius 2 is 2.04 bits per heavy atom. The van der Waals surface area contributed by atoms with E-state index in [9.17, 15) is 4.39 Å². The van der Waals surface area contributed by atoms with Gasteiger partial charge in [-0.2, -0.15) is 5.10 Å². The van der Waals surface area contributed by atoms with Crippen molar-refractivity contribution in [1.29, 1.82) is 0 Å². The number of H-pyrrole nitrogens is 1. The molecular weight excluding hydrogens is 295 g/mol. The predicted molar refractivity (Wildman–Crippen MR) is 85.8 cm³/mol. The number of ether oxygens (including phenoxy) is 1. The summed E-state index contributed by atoms with van der Waals surface area (Å²) in [6.07, 6.45) is 4.63. The molecule has 0 unspecified atom stereocenters. The number of pyridine rings is 1. The van der Waals surface area contributed by atoms with Gasteiger partial charge >= 0.3 is 0 Å². The molecule has 3 aromatic rings. The second-order valence-electron chi connectivity index (χ2n) is 5.32. The van der Waals surface area contributed by atoms with E-state index in [1.54, 1.807) is 30.5 Å². The lowest BCUT2D eigenvalue weighted by Gasteiger charge is -2.14. The standard InChI is InChI=1S/C17H15FN4O/c18-12-3-1-2-4-13(12)23-14-7-10-20-17-15(14)16(21-22-17)11-5-8-19-9-6-11/h1-5,7,10,19H,6,8-9H2,(H,20,21,22).